The molecule has 1 aromatic heterocycles. The van der Waals surface area contributed by atoms with Crippen LogP contribution in [0.2, 0.25) is 0 Å². The first-order chi connectivity index (χ1) is 7.68. The van der Waals surface area contributed by atoms with Gasteiger partial charge in [-0.1, -0.05) is 0 Å². The zero-order valence-electron chi connectivity index (χ0n) is 8.76. The summed E-state index contributed by atoms with van der Waals surface area (Å²) in [6, 6.07) is 0. The molecule has 0 radical (unpaired) electrons. The van der Waals surface area contributed by atoms with E-state index in [2.05, 4.69) is 4.98 Å². The lowest BCUT2D eigenvalue weighted by atomic mass is 9.96. The average molecular weight is 239 g/mol. The predicted octanol–water partition coefficient (Wildman–Crippen LogP) is 0.481. The molecule has 2 amide bonds. The minimum atomic E-state index is -0.263. The molecule has 1 aliphatic rings. The van der Waals surface area contributed by atoms with E-state index in [1.807, 2.05) is 0 Å². The molecule has 0 aliphatic carbocycles. The maximum absolute atomic E-state index is 11.9. The van der Waals surface area contributed by atoms with Crippen molar-refractivity contribution in [2.45, 2.75) is 12.8 Å². The van der Waals surface area contributed by atoms with Crippen molar-refractivity contribution in [1.82, 2.24) is 9.88 Å². The molecule has 0 aromatic carbocycles. The third kappa shape index (κ3) is 2.21. The second-order valence-electron chi connectivity index (χ2n) is 3.84. The van der Waals surface area contributed by atoms with Gasteiger partial charge in [-0.15, -0.1) is 11.3 Å². The first kappa shape index (κ1) is 11.1. The fraction of sp³-hybridized carbons (Fsp3) is 0.500. The summed E-state index contributed by atoms with van der Waals surface area (Å²) in [6.07, 6.45) is 1.32. The van der Waals surface area contributed by atoms with Crippen molar-refractivity contribution in [2.75, 3.05) is 13.1 Å². The average Bonchev–Trinajstić information content (AvgIpc) is 2.81. The second-order valence-corrected chi connectivity index (χ2v) is 4.56. The molecule has 1 fully saturated rings. The third-order valence-electron chi connectivity index (χ3n) is 2.84. The molecule has 2 rings (SSSR count). The van der Waals surface area contributed by atoms with E-state index in [1.54, 1.807) is 15.8 Å². The van der Waals surface area contributed by atoms with Gasteiger partial charge in [0.2, 0.25) is 5.91 Å². The molecular weight excluding hydrogens is 226 g/mol. The Morgan fingerprint density at radius 1 is 1.44 bits per heavy atom. The highest BCUT2D eigenvalue weighted by Gasteiger charge is 2.26. The Kier molecular flexibility index (Phi) is 3.19. The lowest BCUT2D eigenvalue weighted by Crippen LogP contribution is -2.41. The Bertz CT molecular complexity index is 383. The first-order valence-corrected chi connectivity index (χ1v) is 6.09. The van der Waals surface area contributed by atoms with Crippen LogP contribution in [0.25, 0.3) is 0 Å². The van der Waals surface area contributed by atoms with Crippen molar-refractivity contribution >= 4 is 23.2 Å². The number of amides is 2. The van der Waals surface area contributed by atoms with Gasteiger partial charge in [0.05, 0.1) is 5.51 Å². The van der Waals surface area contributed by atoms with Gasteiger partial charge in [-0.2, -0.15) is 0 Å². The standard InChI is InChI=1S/C10H13N3O2S/c11-9(14)7-1-3-13(4-2-7)10(15)8-5-16-6-12-8/h5-7H,1-4H2,(H2,11,14). The van der Waals surface area contributed by atoms with Gasteiger partial charge < -0.3 is 10.6 Å². The van der Waals surface area contributed by atoms with Crippen LogP contribution < -0.4 is 5.73 Å². The second kappa shape index (κ2) is 4.61. The van der Waals surface area contributed by atoms with Crippen molar-refractivity contribution in [3.63, 3.8) is 0 Å². The van der Waals surface area contributed by atoms with E-state index in [4.69, 9.17) is 5.73 Å². The van der Waals surface area contributed by atoms with Gasteiger partial charge in [0.1, 0.15) is 5.69 Å². The van der Waals surface area contributed by atoms with E-state index in [-0.39, 0.29) is 17.7 Å². The summed E-state index contributed by atoms with van der Waals surface area (Å²) in [5.74, 6) is -0.399. The van der Waals surface area contributed by atoms with Crippen LogP contribution in [0.15, 0.2) is 10.9 Å². The summed E-state index contributed by atoms with van der Waals surface area (Å²) in [7, 11) is 0. The number of rotatable bonds is 2. The smallest absolute Gasteiger partial charge is 0.273 e. The van der Waals surface area contributed by atoms with E-state index in [0.717, 1.165) is 0 Å². The summed E-state index contributed by atoms with van der Waals surface area (Å²) in [5, 5.41) is 1.74. The molecule has 2 N–H and O–H groups in total. The maximum atomic E-state index is 11.9. The fourth-order valence-corrected chi connectivity index (χ4v) is 2.37. The molecule has 1 aliphatic heterocycles. The molecule has 0 spiro atoms. The number of carbonyl (C=O) groups excluding carboxylic acids is 2. The van der Waals surface area contributed by atoms with E-state index in [1.165, 1.54) is 11.3 Å². The Balaban J connectivity index is 1.94. The van der Waals surface area contributed by atoms with Crippen LogP contribution in [0.5, 0.6) is 0 Å². The van der Waals surface area contributed by atoms with Crippen LogP contribution in [0, 0.1) is 5.92 Å². The SMILES string of the molecule is NC(=O)C1CCN(C(=O)c2cscn2)CC1. The van der Waals surface area contributed by atoms with E-state index in [0.29, 0.717) is 31.6 Å². The molecule has 0 saturated carbocycles. The number of piperidine rings is 1. The number of hydrogen-bond donors (Lipinski definition) is 1. The first-order valence-electron chi connectivity index (χ1n) is 5.15. The van der Waals surface area contributed by atoms with Crippen molar-refractivity contribution < 1.29 is 9.59 Å². The lowest BCUT2D eigenvalue weighted by Gasteiger charge is -2.29. The van der Waals surface area contributed by atoms with Gasteiger partial charge in [0.25, 0.3) is 5.91 Å². The fourth-order valence-electron chi connectivity index (χ4n) is 1.85. The molecule has 86 valence electrons. The molecule has 0 atom stereocenters. The highest BCUT2D eigenvalue weighted by Crippen LogP contribution is 2.18. The zero-order valence-corrected chi connectivity index (χ0v) is 9.57. The van der Waals surface area contributed by atoms with Crippen LogP contribution in [-0.2, 0) is 4.79 Å². The number of carbonyl (C=O) groups is 2. The normalized spacial score (nSPS) is 17.4. The van der Waals surface area contributed by atoms with Gasteiger partial charge in [0, 0.05) is 24.4 Å². The largest absolute Gasteiger partial charge is 0.369 e. The number of nitrogens with zero attached hydrogens (tertiary/aromatic N) is 2. The minimum Gasteiger partial charge on any atom is -0.369 e. The Hall–Kier alpha value is -1.43. The summed E-state index contributed by atoms with van der Waals surface area (Å²) in [5.41, 5.74) is 7.36. The van der Waals surface area contributed by atoms with E-state index >= 15 is 0 Å². The molecule has 0 bridgehead atoms. The number of hydrogen-bond acceptors (Lipinski definition) is 4. The van der Waals surface area contributed by atoms with Gasteiger partial charge >= 0.3 is 0 Å². The van der Waals surface area contributed by atoms with Gasteiger partial charge in [0.15, 0.2) is 0 Å². The van der Waals surface area contributed by atoms with Gasteiger partial charge in [-0.05, 0) is 12.8 Å². The number of nitrogens with two attached hydrogens (primary N) is 1. The number of aromatic nitrogens is 1. The summed E-state index contributed by atoms with van der Waals surface area (Å²) in [6.45, 7) is 1.17. The molecule has 16 heavy (non-hydrogen) atoms. The van der Waals surface area contributed by atoms with Crippen LogP contribution in [0.4, 0.5) is 0 Å². The minimum absolute atomic E-state index is 0.0517. The Morgan fingerprint density at radius 3 is 2.62 bits per heavy atom. The number of likely N-dealkylation sites (tertiary alicyclic amines) is 1. The quantitative estimate of drug-likeness (QED) is 0.815. The molecule has 0 unspecified atom stereocenters. The lowest BCUT2D eigenvalue weighted by molar-refractivity contribution is -0.123. The topological polar surface area (TPSA) is 76.3 Å². The third-order valence-corrected chi connectivity index (χ3v) is 3.42. The van der Waals surface area contributed by atoms with Crippen LogP contribution >= 0.6 is 11.3 Å². The molecule has 1 saturated heterocycles. The van der Waals surface area contributed by atoms with Crippen molar-refractivity contribution in [3.8, 4) is 0 Å². The molecule has 6 heteroatoms. The predicted molar refractivity (Wildman–Crippen MR) is 59.9 cm³/mol. The number of primary amides is 1. The van der Waals surface area contributed by atoms with Crippen LogP contribution in [0.3, 0.4) is 0 Å². The van der Waals surface area contributed by atoms with Crippen LogP contribution in [0.1, 0.15) is 23.3 Å². The maximum Gasteiger partial charge on any atom is 0.273 e. The summed E-state index contributed by atoms with van der Waals surface area (Å²) < 4.78 is 0. The Morgan fingerprint density at radius 2 is 2.12 bits per heavy atom. The molecule has 5 nitrogen and oxygen atoms in total. The van der Waals surface area contributed by atoms with E-state index in [9.17, 15) is 9.59 Å². The molecule has 2 heterocycles. The van der Waals surface area contributed by atoms with Crippen molar-refractivity contribution in [2.24, 2.45) is 11.7 Å². The van der Waals surface area contributed by atoms with Crippen molar-refractivity contribution in [1.29, 1.82) is 0 Å². The summed E-state index contributed by atoms with van der Waals surface area (Å²) >= 11 is 1.40. The molecular formula is C10H13N3O2S. The van der Waals surface area contributed by atoms with Crippen molar-refractivity contribution in [3.05, 3.63) is 16.6 Å². The van der Waals surface area contributed by atoms with Gasteiger partial charge in [-0.25, -0.2) is 4.98 Å². The summed E-state index contributed by atoms with van der Waals surface area (Å²) in [4.78, 5) is 28.6. The zero-order chi connectivity index (χ0) is 11.5. The van der Waals surface area contributed by atoms with E-state index < -0.39 is 0 Å². The molecule has 1 aromatic rings. The van der Waals surface area contributed by atoms with Crippen LogP contribution in [-0.4, -0.2) is 34.8 Å². The highest BCUT2D eigenvalue weighted by molar-refractivity contribution is 7.07. The Labute approximate surface area is 97.3 Å². The van der Waals surface area contributed by atoms with Gasteiger partial charge in [-0.3, -0.25) is 9.59 Å². The monoisotopic (exact) mass is 239 g/mol. The number of thiazole rings is 1. The highest BCUT2D eigenvalue weighted by atomic mass is 32.1.